The topological polar surface area (TPSA) is 37.8 Å². The highest BCUT2D eigenvalue weighted by Crippen LogP contribution is 2.25. The van der Waals surface area contributed by atoms with E-state index >= 15 is 0 Å². The summed E-state index contributed by atoms with van der Waals surface area (Å²) in [5, 5.41) is 5.83. The zero-order valence-electron chi connectivity index (χ0n) is 8.14. The number of halogens is 1. The summed E-state index contributed by atoms with van der Waals surface area (Å²) in [6.07, 6.45) is 3.06. The second-order valence-electron chi connectivity index (χ2n) is 3.10. The second kappa shape index (κ2) is 4.59. The molecule has 1 N–H and O–H groups in total. The van der Waals surface area contributed by atoms with Gasteiger partial charge >= 0.3 is 0 Å². The van der Waals surface area contributed by atoms with Gasteiger partial charge < -0.3 is 5.32 Å². The summed E-state index contributed by atoms with van der Waals surface area (Å²) in [6.45, 7) is 2.07. The Bertz CT molecular complexity index is 430. The van der Waals surface area contributed by atoms with Crippen molar-refractivity contribution < 1.29 is 0 Å². The molecule has 2 rings (SSSR count). The molecule has 0 bridgehead atoms. The first-order valence-corrected chi connectivity index (χ1v) is 5.78. The van der Waals surface area contributed by atoms with Crippen LogP contribution in [-0.4, -0.2) is 9.97 Å². The summed E-state index contributed by atoms with van der Waals surface area (Å²) in [5.41, 5.74) is 0. The third kappa shape index (κ3) is 2.46. The van der Waals surface area contributed by atoms with E-state index in [-0.39, 0.29) is 6.04 Å². The third-order valence-electron chi connectivity index (χ3n) is 1.99. The van der Waals surface area contributed by atoms with Gasteiger partial charge in [0.05, 0.1) is 12.2 Å². The van der Waals surface area contributed by atoms with Crippen molar-refractivity contribution in [3.8, 4) is 0 Å². The molecule has 3 nitrogen and oxygen atoms in total. The Kier molecular flexibility index (Phi) is 3.18. The van der Waals surface area contributed by atoms with Crippen molar-refractivity contribution in [2.24, 2.45) is 0 Å². The van der Waals surface area contributed by atoms with Gasteiger partial charge in [-0.2, -0.15) is 0 Å². The molecule has 2 heterocycles. The molecule has 78 valence electrons. The van der Waals surface area contributed by atoms with Crippen molar-refractivity contribution in [3.63, 3.8) is 0 Å². The van der Waals surface area contributed by atoms with E-state index in [4.69, 9.17) is 11.6 Å². The predicted molar refractivity (Wildman–Crippen MR) is 63.4 cm³/mol. The minimum atomic E-state index is 0.206. The van der Waals surface area contributed by atoms with Crippen molar-refractivity contribution in [1.82, 2.24) is 9.97 Å². The zero-order chi connectivity index (χ0) is 10.7. The van der Waals surface area contributed by atoms with Crippen LogP contribution in [0.2, 0.25) is 5.02 Å². The molecule has 0 radical (unpaired) electrons. The lowest BCUT2D eigenvalue weighted by molar-refractivity contribution is 0.893. The summed E-state index contributed by atoms with van der Waals surface area (Å²) in [4.78, 5) is 9.17. The average molecular weight is 240 g/mol. The second-order valence-corrected chi connectivity index (χ2v) is 4.49. The summed E-state index contributed by atoms with van der Waals surface area (Å²) in [5.74, 6) is 0.674. The standard InChI is InChI=1S/C10H10ClN3S/c1-7(9-3-2-4-15-9)14-10-8(11)5-12-6-13-10/h2-7H,1H3,(H,12,13,14). The first kappa shape index (κ1) is 10.4. The first-order valence-electron chi connectivity index (χ1n) is 4.53. The summed E-state index contributed by atoms with van der Waals surface area (Å²) < 4.78 is 0. The Morgan fingerprint density at radius 3 is 3.07 bits per heavy atom. The molecule has 1 atom stereocenters. The lowest BCUT2D eigenvalue weighted by atomic mass is 10.3. The van der Waals surface area contributed by atoms with Crippen LogP contribution in [0.5, 0.6) is 0 Å². The van der Waals surface area contributed by atoms with E-state index in [1.807, 2.05) is 6.07 Å². The molecule has 0 fully saturated rings. The number of hydrogen-bond donors (Lipinski definition) is 1. The fourth-order valence-electron chi connectivity index (χ4n) is 1.23. The maximum absolute atomic E-state index is 5.95. The zero-order valence-corrected chi connectivity index (χ0v) is 9.72. The molecule has 2 aromatic heterocycles. The Balaban J connectivity index is 2.13. The minimum Gasteiger partial charge on any atom is -0.361 e. The van der Waals surface area contributed by atoms with Crippen LogP contribution < -0.4 is 5.32 Å². The van der Waals surface area contributed by atoms with Crippen molar-refractivity contribution in [2.75, 3.05) is 5.32 Å². The van der Waals surface area contributed by atoms with Gasteiger partial charge in [0.2, 0.25) is 0 Å². The van der Waals surface area contributed by atoms with E-state index in [1.54, 1.807) is 17.5 Å². The lowest BCUT2D eigenvalue weighted by Crippen LogP contribution is -2.06. The molecule has 0 saturated carbocycles. The monoisotopic (exact) mass is 239 g/mol. The van der Waals surface area contributed by atoms with Gasteiger partial charge in [-0.05, 0) is 18.4 Å². The van der Waals surface area contributed by atoms with E-state index < -0.39 is 0 Å². The van der Waals surface area contributed by atoms with Gasteiger partial charge in [-0.15, -0.1) is 11.3 Å². The largest absolute Gasteiger partial charge is 0.361 e. The summed E-state index contributed by atoms with van der Waals surface area (Å²) >= 11 is 7.65. The van der Waals surface area contributed by atoms with Gasteiger partial charge in [0, 0.05) is 4.88 Å². The van der Waals surface area contributed by atoms with Crippen LogP contribution in [0.15, 0.2) is 30.0 Å². The highest BCUT2D eigenvalue weighted by Gasteiger charge is 2.08. The Hall–Kier alpha value is -1.13. The first-order chi connectivity index (χ1) is 7.27. The van der Waals surface area contributed by atoms with Gasteiger partial charge in [-0.1, -0.05) is 17.7 Å². The molecule has 0 spiro atoms. The molecule has 5 heteroatoms. The number of nitrogens with zero attached hydrogens (tertiary/aromatic N) is 2. The Morgan fingerprint density at radius 2 is 2.40 bits per heavy atom. The van der Waals surface area contributed by atoms with Crippen LogP contribution in [0.1, 0.15) is 17.8 Å². The van der Waals surface area contributed by atoms with Crippen LogP contribution in [0, 0.1) is 0 Å². The van der Waals surface area contributed by atoms with Gasteiger partial charge in [-0.3, -0.25) is 0 Å². The number of rotatable bonds is 3. The molecule has 0 aliphatic heterocycles. The Morgan fingerprint density at radius 1 is 1.53 bits per heavy atom. The van der Waals surface area contributed by atoms with Crippen LogP contribution in [0.4, 0.5) is 5.82 Å². The van der Waals surface area contributed by atoms with Crippen molar-refractivity contribution in [3.05, 3.63) is 39.9 Å². The molecule has 0 aromatic carbocycles. The van der Waals surface area contributed by atoms with Crippen molar-refractivity contribution >= 4 is 28.8 Å². The number of aromatic nitrogens is 2. The number of hydrogen-bond acceptors (Lipinski definition) is 4. The van der Waals surface area contributed by atoms with Crippen molar-refractivity contribution in [2.45, 2.75) is 13.0 Å². The molecule has 1 unspecified atom stereocenters. The molecular formula is C10H10ClN3S. The highest BCUT2D eigenvalue weighted by molar-refractivity contribution is 7.10. The van der Waals surface area contributed by atoms with E-state index in [0.717, 1.165) is 0 Å². The molecule has 0 amide bonds. The minimum absolute atomic E-state index is 0.206. The van der Waals surface area contributed by atoms with Gasteiger partial charge in [0.1, 0.15) is 17.2 Å². The average Bonchev–Trinajstić information content (AvgIpc) is 2.74. The number of anilines is 1. The van der Waals surface area contributed by atoms with E-state index in [9.17, 15) is 0 Å². The highest BCUT2D eigenvalue weighted by atomic mass is 35.5. The smallest absolute Gasteiger partial charge is 0.148 e. The number of nitrogens with one attached hydrogen (secondary N) is 1. The van der Waals surface area contributed by atoms with Gasteiger partial charge in [0.15, 0.2) is 0 Å². The van der Waals surface area contributed by atoms with Crippen LogP contribution >= 0.6 is 22.9 Å². The van der Waals surface area contributed by atoms with Crippen molar-refractivity contribution in [1.29, 1.82) is 0 Å². The van der Waals surface area contributed by atoms with Gasteiger partial charge in [0.25, 0.3) is 0 Å². The van der Waals surface area contributed by atoms with Gasteiger partial charge in [-0.25, -0.2) is 9.97 Å². The maximum atomic E-state index is 5.95. The SMILES string of the molecule is CC(Nc1ncncc1Cl)c1cccs1. The lowest BCUT2D eigenvalue weighted by Gasteiger charge is -2.13. The maximum Gasteiger partial charge on any atom is 0.148 e. The number of thiophene rings is 1. The van der Waals surface area contributed by atoms with Crippen LogP contribution in [0.3, 0.4) is 0 Å². The van der Waals surface area contributed by atoms with Crippen LogP contribution in [0.25, 0.3) is 0 Å². The molecular weight excluding hydrogens is 230 g/mol. The summed E-state index contributed by atoms with van der Waals surface area (Å²) in [6, 6.07) is 4.31. The molecule has 15 heavy (non-hydrogen) atoms. The Labute approximate surface area is 97.2 Å². The van der Waals surface area contributed by atoms with Crippen LogP contribution in [-0.2, 0) is 0 Å². The molecule has 0 aliphatic rings. The third-order valence-corrected chi connectivity index (χ3v) is 3.32. The fraction of sp³-hybridized carbons (Fsp3) is 0.200. The molecule has 0 saturated heterocycles. The molecule has 0 aliphatic carbocycles. The normalized spacial score (nSPS) is 12.4. The fourth-order valence-corrected chi connectivity index (χ4v) is 2.13. The van der Waals surface area contributed by atoms with E-state index in [0.29, 0.717) is 10.8 Å². The predicted octanol–water partition coefficient (Wildman–Crippen LogP) is 3.36. The quantitative estimate of drug-likeness (QED) is 0.893. The molecule has 2 aromatic rings. The van der Waals surface area contributed by atoms with E-state index in [1.165, 1.54) is 11.2 Å². The van der Waals surface area contributed by atoms with E-state index in [2.05, 4.69) is 33.7 Å². The summed E-state index contributed by atoms with van der Waals surface area (Å²) in [7, 11) is 0.